The van der Waals surface area contributed by atoms with E-state index in [0.717, 1.165) is 5.56 Å². The third kappa shape index (κ3) is 4.68. The van der Waals surface area contributed by atoms with Crippen LogP contribution in [0.25, 0.3) is 6.08 Å². The van der Waals surface area contributed by atoms with Crippen molar-refractivity contribution in [1.29, 1.82) is 5.26 Å². The number of amides is 1. The van der Waals surface area contributed by atoms with E-state index in [9.17, 15) is 15.2 Å². The van der Waals surface area contributed by atoms with Crippen LogP contribution in [0.1, 0.15) is 11.1 Å². The molecule has 2 aromatic rings. The fourth-order valence-electron chi connectivity index (χ4n) is 2.21. The van der Waals surface area contributed by atoms with E-state index < -0.39 is 5.91 Å². The molecule has 2 N–H and O–H groups in total. The summed E-state index contributed by atoms with van der Waals surface area (Å²) in [6.45, 7) is 0.159. The zero-order valence-electron chi connectivity index (χ0n) is 14.2. The number of nitriles is 1. The van der Waals surface area contributed by atoms with E-state index in [1.54, 1.807) is 25.3 Å². The number of methoxy groups -OCH3 is 2. The summed E-state index contributed by atoms with van der Waals surface area (Å²) >= 11 is 5.87. The van der Waals surface area contributed by atoms with Gasteiger partial charge in [-0.15, -0.1) is 0 Å². The van der Waals surface area contributed by atoms with Gasteiger partial charge in [0.1, 0.15) is 28.9 Å². The molecule has 0 bridgehead atoms. The zero-order chi connectivity index (χ0) is 19.1. The standard InChI is InChI=1S/C19H17ClN2O4/c1-25-16-5-3-12(18(9-16)26-2)11-22-19(24)14(10-21)7-13-8-15(20)4-6-17(13)23/h3-9,23H,11H2,1-2H3,(H,22,24)/b14-7+. The van der Waals surface area contributed by atoms with Gasteiger partial charge in [-0.05, 0) is 36.4 Å². The normalized spacial score (nSPS) is 10.8. The molecule has 7 heteroatoms. The maximum absolute atomic E-state index is 12.3. The summed E-state index contributed by atoms with van der Waals surface area (Å²) in [4.78, 5) is 12.3. The van der Waals surface area contributed by atoms with Crippen LogP contribution in [-0.4, -0.2) is 25.2 Å². The molecule has 6 nitrogen and oxygen atoms in total. The Balaban J connectivity index is 2.17. The molecule has 0 aliphatic heterocycles. The monoisotopic (exact) mass is 372 g/mol. The first-order valence-corrected chi connectivity index (χ1v) is 7.95. The third-order valence-electron chi connectivity index (χ3n) is 3.59. The summed E-state index contributed by atoms with van der Waals surface area (Å²) in [5, 5.41) is 22.1. The number of hydrogen-bond donors (Lipinski definition) is 2. The SMILES string of the molecule is COc1ccc(CNC(=O)/C(C#N)=C/c2cc(Cl)ccc2O)c(OC)c1. The van der Waals surface area contributed by atoms with Gasteiger partial charge in [0, 0.05) is 28.8 Å². The van der Waals surface area contributed by atoms with Gasteiger partial charge in [0.25, 0.3) is 5.91 Å². The molecule has 0 unspecified atom stereocenters. The number of nitrogens with zero attached hydrogens (tertiary/aromatic N) is 1. The molecular weight excluding hydrogens is 356 g/mol. The molecule has 0 saturated carbocycles. The van der Waals surface area contributed by atoms with Crippen LogP contribution in [0.4, 0.5) is 0 Å². The number of halogens is 1. The summed E-state index contributed by atoms with van der Waals surface area (Å²) in [5.41, 5.74) is 0.853. The Morgan fingerprint density at radius 3 is 2.69 bits per heavy atom. The van der Waals surface area contributed by atoms with Crippen LogP contribution < -0.4 is 14.8 Å². The summed E-state index contributed by atoms with van der Waals surface area (Å²) in [6.07, 6.45) is 1.28. The maximum Gasteiger partial charge on any atom is 0.262 e. The lowest BCUT2D eigenvalue weighted by molar-refractivity contribution is -0.117. The average Bonchev–Trinajstić information content (AvgIpc) is 2.66. The molecule has 1 amide bonds. The Morgan fingerprint density at radius 2 is 2.04 bits per heavy atom. The number of aromatic hydroxyl groups is 1. The van der Waals surface area contributed by atoms with Crippen LogP contribution in [0.15, 0.2) is 42.0 Å². The van der Waals surface area contributed by atoms with Crippen molar-refractivity contribution in [2.45, 2.75) is 6.54 Å². The number of nitrogens with one attached hydrogen (secondary N) is 1. The number of hydrogen-bond acceptors (Lipinski definition) is 5. The van der Waals surface area contributed by atoms with Crippen molar-refractivity contribution in [2.24, 2.45) is 0 Å². The van der Waals surface area contributed by atoms with Gasteiger partial charge in [-0.25, -0.2) is 0 Å². The number of carbonyl (C=O) groups is 1. The Bertz CT molecular complexity index is 888. The number of benzene rings is 2. The Kier molecular flexibility index (Phi) is 6.48. The summed E-state index contributed by atoms with van der Waals surface area (Å²) in [7, 11) is 3.06. The molecule has 0 aliphatic carbocycles. The zero-order valence-corrected chi connectivity index (χ0v) is 15.0. The van der Waals surface area contributed by atoms with Crippen LogP contribution in [0.5, 0.6) is 17.2 Å². The van der Waals surface area contributed by atoms with Gasteiger partial charge in [0.2, 0.25) is 0 Å². The quantitative estimate of drug-likeness (QED) is 0.599. The van der Waals surface area contributed by atoms with Crippen molar-refractivity contribution >= 4 is 23.6 Å². The molecule has 0 aromatic heterocycles. The highest BCUT2D eigenvalue weighted by Crippen LogP contribution is 2.25. The van der Waals surface area contributed by atoms with E-state index in [0.29, 0.717) is 16.5 Å². The minimum Gasteiger partial charge on any atom is -0.507 e. The minimum atomic E-state index is -0.579. The van der Waals surface area contributed by atoms with Gasteiger partial charge in [0.05, 0.1) is 14.2 Å². The van der Waals surface area contributed by atoms with E-state index >= 15 is 0 Å². The number of carbonyl (C=O) groups excluding carboxylic acids is 1. The fraction of sp³-hybridized carbons (Fsp3) is 0.158. The van der Waals surface area contributed by atoms with Crippen molar-refractivity contribution in [3.63, 3.8) is 0 Å². The number of phenolic OH excluding ortho intramolecular Hbond substituents is 1. The molecule has 0 spiro atoms. The second-order valence-electron chi connectivity index (χ2n) is 5.23. The average molecular weight is 373 g/mol. The second kappa shape index (κ2) is 8.79. The highest BCUT2D eigenvalue weighted by Gasteiger charge is 2.12. The van der Waals surface area contributed by atoms with Crippen molar-refractivity contribution in [3.8, 4) is 23.3 Å². The van der Waals surface area contributed by atoms with Crippen molar-refractivity contribution in [2.75, 3.05) is 14.2 Å². The van der Waals surface area contributed by atoms with E-state index in [-0.39, 0.29) is 23.4 Å². The predicted molar refractivity (Wildman–Crippen MR) is 98.1 cm³/mol. The maximum atomic E-state index is 12.3. The third-order valence-corrected chi connectivity index (χ3v) is 3.82. The molecule has 26 heavy (non-hydrogen) atoms. The molecule has 0 saturated heterocycles. The first-order valence-electron chi connectivity index (χ1n) is 7.58. The van der Waals surface area contributed by atoms with Gasteiger partial charge in [0.15, 0.2) is 0 Å². The van der Waals surface area contributed by atoms with Crippen molar-refractivity contribution in [3.05, 3.63) is 58.1 Å². The minimum absolute atomic E-state index is 0.0771. The van der Waals surface area contributed by atoms with Crippen LogP contribution in [-0.2, 0) is 11.3 Å². The molecule has 0 radical (unpaired) electrons. The first kappa shape index (κ1) is 19.2. The Labute approximate surface area is 156 Å². The Hall–Kier alpha value is -3.17. The van der Waals surface area contributed by atoms with Gasteiger partial charge >= 0.3 is 0 Å². The van der Waals surface area contributed by atoms with E-state index in [1.165, 1.54) is 31.4 Å². The van der Waals surface area contributed by atoms with Gasteiger partial charge in [-0.3, -0.25) is 4.79 Å². The molecule has 0 heterocycles. The molecule has 0 fully saturated rings. The van der Waals surface area contributed by atoms with Gasteiger partial charge < -0.3 is 19.9 Å². The summed E-state index contributed by atoms with van der Waals surface area (Å²) < 4.78 is 10.4. The smallest absolute Gasteiger partial charge is 0.262 e. The Morgan fingerprint density at radius 1 is 1.27 bits per heavy atom. The molecule has 0 aliphatic rings. The lowest BCUT2D eigenvalue weighted by Crippen LogP contribution is -2.24. The van der Waals surface area contributed by atoms with Gasteiger partial charge in [-0.1, -0.05) is 11.6 Å². The predicted octanol–water partition coefficient (Wildman–Crippen LogP) is 3.29. The molecular formula is C19H17ClN2O4. The number of ether oxygens (including phenoxy) is 2. The molecule has 0 atom stereocenters. The largest absolute Gasteiger partial charge is 0.507 e. The molecule has 2 aromatic carbocycles. The highest BCUT2D eigenvalue weighted by atomic mass is 35.5. The van der Waals surface area contributed by atoms with Crippen LogP contribution >= 0.6 is 11.6 Å². The molecule has 134 valence electrons. The second-order valence-corrected chi connectivity index (χ2v) is 5.67. The van der Waals surface area contributed by atoms with Crippen LogP contribution in [0, 0.1) is 11.3 Å². The van der Waals surface area contributed by atoms with Gasteiger partial charge in [-0.2, -0.15) is 5.26 Å². The first-order chi connectivity index (χ1) is 12.5. The lowest BCUT2D eigenvalue weighted by atomic mass is 10.1. The highest BCUT2D eigenvalue weighted by molar-refractivity contribution is 6.30. The van der Waals surface area contributed by atoms with Crippen molar-refractivity contribution in [1.82, 2.24) is 5.32 Å². The lowest BCUT2D eigenvalue weighted by Gasteiger charge is -2.11. The van der Waals surface area contributed by atoms with Crippen molar-refractivity contribution < 1.29 is 19.4 Å². The van der Waals surface area contributed by atoms with E-state index in [4.69, 9.17) is 21.1 Å². The number of phenols is 1. The van der Waals surface area contributed by atoms with E-state index in [2.05, 4.69) is 5.32 Å². The van der Waals surface area contributed by atoms with Crippen LogP contribution in [0.2, 0.25) is 5.02 Å². The van der Waals surface area contributed by atoms with E-state index in [1.807, 2.05) is 6.07 Å². The topological polar surface area (TPSA) is 91.6 Å². The molecule has 2 rings (SSSR count). The summed E-state index contributed by atoms with van der Waals surface area (Å²) in [6, 6.07) is 11.4. The fourth-order valence-corrected chi connectivity index (χ4v) is 2.39. The van der Waals surface area contributed by atoms with Crippen LogP contribution in [0.3, 0.4) is 0 Å². The summed E-state index contributed by atoms with van der Waals surface area (Å²) in [5.74, 6) is 0.530. The number of rotatable bonds is 6.